The summed E-state index contributed by atoms with van der Waals surface area (Å²) in [6, 6.07) is 9.05. The number of rotatable bonds is 5. The van der Waals surface area contributed by atoms with Gasteiger partial charge < -0.3 is 14.4 Å². The molecule has 0 spiro atoms. The molecule has 1 fully saturated rings. The first-order valence-electron chi connectivity index (χ1n) is 9.46. The van der Waals surface area contributed by atoms with Gasteiger partial charge in [-0.3, -0.25) is 0 Å². The number of ether oxygens (including phenoxy) is 2. The highest BCUT2D eigenvalue weighted by Crippen LogP contribution is 2.32. The Morgan fingerprint density at radius 1 is 1.10 bits per heavy atom. The molecule has 0 amide bonds. The molecule has 0 saturated carbocycles. The molecular weight excluding hydrogens is 396 g/mol. The zero-order chi connectivity index (χ0) is 20.5. The van der Waals surface area contributed by atoms with Crippen molar-refractivity contribution in [3.63, 3.8) is 0 Å². The summed E-state index contributed by atoms with van der Waals surface area (Å²) < 4.78 is 40.5. The molecule has 4 rings (SSSR count). The molecule has 2 aromatic carbocycles. The van der Waals surface area contributed by atoms with Crippen LogP contribution in [0.1, 0.15) is 13.8 Å². The summed E-state index contributed by atoms with van der Waals surface area (Å²) in [7, 11) is 1.39. The van der Waals surface area contributed by atoms with Crippen molar-refractivity contribution < 1.29 is 18.3 Å². The molecule has 3 aromatic rings. The van der Waals surface area contributed by atoms with Gasteiger partial charge in [0.1, 0.15) is 5.52 Å². The fourth-order valence-corrected chi connectivity index (χ4v) is 5.07. The molecule has 0 radical (unpaired) electrons. The average Bonchev–Trinajstić information content (AvgIpc) is 3.11. The van der Waals surface area contributed by atoms with Crippen LogP contribution in [-0.2, 0) is 4.74 Å². The van der Waals surface area contributed by atoms with E-state index in [1.807, 2.05) is 36.0 Å². The van der Waals surface area contributed by atoms with Gasteiger partial charge in [-0.25, -0.2) is 13.5 Å². The number of hydrogen-bond acceptors (Lipinski definition) is 5. The lowest BCUT2D eigenvalue weighted by molar-refractivity contribution is 0.0455. The van der Waals surface area contributed by atoms with E-state index in [0.29, 0.717) is 21.6 Å². The van der Waals surface area contributed by atoms with E-state index < -0.39 is 17.4 Å². The summed E-state index contributed by atoms with van der Waals surface area (Å²) in [5.41, 5.74) is 1.99. The van der Waals surface area contributed by atoms with Crippen molar-refractivity contribution in [3.05, 3.63) is 48.2 Å². The first-order chi connectivity index (χ1) is 14.0. The average molecular weight is 419 g/mol. The molecule has 1 saturated heterocycles. The van der Waals surface area contributed by atoms with Crippen molar-refractivity contribution in [2.45, 2.75) is 24.3 Å². The van der Waals surface area contributed by atoms with E-state index in [-0.39, 0.29) is 12.3 Å². The molecule has 5 nitrogen and oxygen atoms in total. The van der Waals surface area contributed by atoms with E-state index in [2.05, 4.69) is 23.8 Å². The van der Waals surface area contributed by atoms with E-state index in [1.165, 1.54) is 24.1 Å². The molecule has 0 N–H and O–H groups in total. The lowest BCUT2D eigenvalue weighted by Gasteiger charge is -2.36. The summed E-state index contributed by atoms with van der Waals surface area (Å²) >= 11 is 2.00. The van der Waals surface area contributed by atoms with E-state index in [0.717, 1.165) is 18.8 Å². The van der Waals surface area contributed by atoms with E-state index in [9.17, 15) is 8.78 Å². The SMILES string of the molecule is COCOc1c(F)cc2cnn(-c3ccc(N4CC(C)SC(C)C4)cc3)c2c1F. The number of thioether (sulfide) groups is 1. The molecule has 1 aliphatic rings. The number of hydrogen-bond donors (Lipinski definition) is 0. The van der Waals surface area contributed by atoms with E-state index in [1.54, 1.807) is 0 Å². The predicted octanol–water partition coefficient (Wildman–Crippen LogP) is 4.62. The van der Waals surface area contributed by atoms with Gasteiger partial charge in [-0.2, -0.15) is 16.9 Å². The quantitative estimate of drug-likeness (QED) is 0.565. The van der Waals surface area contributed by atoms with Crippen molar-refractivity contribution in [1.82, 2.24) is 9.78 Å². The largest absolute Gasteiger partial charge is 0.461 e. The van der Waals surface area contributed by atoms with Crippen LogP contribution in [0.15, 0.2) is 36.5 Å². The Bertz CT molecular complexity index is 999. The van der Waals surface area contributed by atoms with Crippen LogP contribution < -0.4 is 9.64 Å². The molecule has 0 bridgehead atoms. The molecule has 0 aliphatic carbocycles. The topological polar surface area (TPSA) is 39.5 Å². The van der Waals surface area contributed by atoms with E-state index in [4.69, 9.17) is 9.47 Å². The van der Waals surface area contributed by atoms with Crippen LogP contribution in [0, 0.1) is 11.6 Å². The normalized spacial score (nSPS) is 19.7. The number of benzene rings is 2. The molecule has 2 unspecified atom stereocenters. The maximum absolute atomic E-state index is 15.0. The van der Waals surface area contributed by atoms with Crippen molar-refractivity contribution in [2.24, 2.45) is 0 Å². The van der Waals surface area contributed by atoms with Gasteiger partial charge in [0.15, 0.2) is 24.2 Å². The molecular formula is C21H23F2N3O2S. The van der Waals surface area contributed by atoms with Crippen LogP contribution in [0.4, 0.5) is 14.5 Å². The second-order valence-corrected chi connectivity index (χ2v) is 9.11. The Morgan fingerprint density at radius 3 is 2.41 bits per heavy atom. The van der Waals surface area contributed by atoms with Gasteiger partial charge in [-0.15, -0.1) is 0 Å². The summed E-state index contributed by atoms with van der Waals surface area (Å²) in [5, 5.41) is 5.77. The van der Waals surface area contributed by atoms with Gasteiger partial charge in [0.25, 0.3) is 0 Å². The third-order valence-electron chi connectivity index (χ3n) is 4.90. The highest BCUT2D eigenvalue weighted by molar-refractivity contribution is 8.00. The minimum Gasteiger partial charge on any atom is -0.461 e. The molecule has 8 heteroatoms. The van der Waals surface area contributed by atoms with Gasteiger partial charge in [-0.05, 0) is 30.3 Å². The van der Waals surface area contributed by atoms with Crippen molar-refractivity contribution >= 4 is 28.4 Å². The molecule has 2 atom stereocenters. The third-order valence-corrected chi connectivity index (χ3v) is 6.13. The summed E-state index contributed by atoms with van der Waals surface area (Å²) in [6.07, 6.45) is 1.45. The smallest absolute Gasteiger partial charge is 0.196 e. The minimum atomic E-state index is -0.797. The Labute approximate surface area is 172 Å². The van der Waals surface area contributed by atoms with Crippen LogP contribution >= 0.6 is 11.8 Å². The first-order valence-corrected chi connectivity index (χ1v) is 10.4. The van der Waals surface area contributed by atoms with Crippen LogP contribution in [0.25, 0.3) is 16.6 Å². The molecule has 154 valence electrons. The Morgan fingerprint density at radius 2 is 1.76 bits per heavy atom. The van der Waals surface area contributed by atoms with Crippen molar-refractivity contribution in [3.8, 4) is 11.4 Å². The maximum Gasteiger partial charge on any atom is 0.196 e. The standard InChI is InChI=1S/C21H23F2N3O2S/c1-13-10-25(11-14(2)29-13)16-4-6-17(7-5-16)26-20-15(9-24-26)8-18(22)21(19(20)23)28-12-27-3/h4-9,13-14H,10-12H2,1-3H3. The second kappa shape index (κ2) is 8.20. The van der Waals surface area contributed by atoms with E-state index >= 15 is 0 Å². The van der Waals surface area contributed by atoms with Crippen molar-refractivity contribution in [1.29, 1.82) is 0 Å². The van der Waals surface area contributed by atoms with Crippen LogP contribution in [0.5, 0.6) is 5.75 Å². The molecule has 1 aromatic heterocycles. The van der Waals surface area contributed by atoms with Crippen LogP contribution in [0.3, 0.4) is 0 Å². The fraction of sp³-hybridized carbons (Fsp3) is 0.381. The summed E-state index contributed by atoms with van der Waals surface area (Å²) in [6.45, 7) is 6.22. The highest BCUT2D eigenvalue weighted by Gasteiger charge is 2.23. The number of nitrogens with zero attached hydrogens (tertiary/aromatic N) is 3. The van der Waals surface area contributed by atoms with Crippen LogP contribution in [0.2, 0.25) is 0 Å². The van der Waals surface area contributed by atoms with Gasteiger partial charge in [0.2, 0.25) is 0 Å². The zero-order valence-corrected chi connectivity index (χ0v) is 17.4. The molecule has 29 heavy (non-hydrogen) atoms. The Kier molecular flexibility index (Phi) is 5.65. The minimum absolute atomic E-state index is 0.168. The predicted molar refractivity (Wildman–Crippen MR) is 112 cm³/mol. The summed E-state index contributed by atoms with van der Waals surface area (Å²) in [5.74, 6) is -2.05. The Hall–Kier alpha value is -2.32. The number of aromatic nitrogens is 2. The lowest BCUT2D eigenvalue weighted by Crippen LogP contribution is -2.40. The van der Waals surface area contributed by atoms with Gasteiger partial charge in [0.05, 0.1) is 11.9 Å². The van der Waals surface area contributed by atoms with Gasteiger partial charge >= 0.3 is 0 Å². The second-order valence-electron chi connectivity index (χ2n) is 7.23. The van der Waals surface area contributed by atoms with Crippen LogP contribution in [-0.4, -0.2) is 47.3 Å². The fourth-order valence-electron chi connectivity index (χ4n) is 3.74. The number of methoxy groups -OCH3 is 1. The number of halogens is 2. The number of anilines is 1. The Balaban J connectivity index is 1.68. The van der Waals surface area contributed by atoms with Gasteiger partial charge in [-0.1, -0.05) is 13.8 Å². The first kappa shape index (κ1) is 20.0. The monoisotopic (exact) mass is 419 g/mol. The lowest BCUT2D eigenvalue weighted by atomic mass is 10.2. The maximum atomic E-state index is 15.0. The molecule has 1 aliphatic heterocycles. The zero-order valence-electron chi connectivity index (χ0n) is 16.6. The molecule has 2 heterocycles. The highest BCUT2D eigenvalue weighted by atomic mass is 32.2. The van der Waals surface area contributed by atoms with Gasteiger partial charge in [0, 0.05) is 41.8 Å². The summed E-state index contributed by atoms with van der Waals surface area (Å²) in [4.78, 5) is 2.36. The number of fused-ring (bicyclic) bond motifs is 1. The third kappa shape index (κ3) is 3.91. The van der Waals surface area contributed by atoms with Crippen molar-refractivity contribution in [2.75, 3.05) is 31.9 Å².